The second-order valence-corrected chi connectivity index (χ2v) is 11.8. The van der Waals surface area contributed by atoms with Gasteiger partial charge in [-0.1, -0.05) is 57.9 Å². The summed E-state index contributed by atoms with van der Waals surface area (Å²) in [5, 5.41) is 30.7. The molecule has 0 spiro atoms. The first-order valence-electron chi connectivity index (χ1n) is 12.6. The van der Waals surface area contributed by atoms with Gasteiger partial charge in [0.2, 0.25) is 0 Å². The van der Waals surface area contributed by atoms with Crippen molar-refractivity contribution in [3.05, 3.63) is 35.5 Å². The van der Waals surface area contributed by atoms with Crippen LogP contribution in [-0.4, -0.2) is 33.1 Å². The Bertz CT molecular complexity index is 712. The molecule has 3 aliphatic carbocycles. The van der Waals surface area contributed by atoms with Crippen molar-refractivity contribution in [2.24, 2.45) is 29.1 Å². The van der Waals surface area contributed by atoms with Gasteiger partial charge in [-0.25, -0.2) is 0 Å². The molecular weight excluding hydrogens is 384 g/mol. The van der Waals surface area contributed by atoms with Crippen LogP contribution in [0.3, 0.4) is 0 Å². The molecule has 176 valence electrons. The molecule has 3 fully saturated rings. The lowest BCUT2D eigenvalue weighted by Crippen LogP contribution is -2.36. The van der Waals surface area contributed by atoms with E-state index in [1.165, 1.54) is 32.1 Å². The third kappa shape index (κ3) is 5.37. The molecule has 0 radical (unpaired) electrons. The SMILES string of the molecule is C=C1/C(=C\C=C2/CCC[C@@]3(C)C2CC[C@@H]3[C@H](C)CCCC(C)(C)O)C[C@@H](O)[C@H](C)[C@H]1O. The highest BCUT2D eigenvalue weighted by Crippen LogP contribution is 2.60. The van der Waals surface area contributed by atoms with Gasteiger partial charge in [0.1, 0.15) is 0 Å². The first-order valence-corrected chi connectivity index (χ1v) is 12.6. The van der Waals surface area contributed by atoms with Gasteiger partial charge in [-0.2, -0.15) is 0 Å². The molecule has 3 aliphatic rings. The summed E-state index contributed by atoms with van der Waals surface area (Å²) in [5.41, 5.74) is 3.15. The number of allylic oxidation sites excluding steroid dienone is 3. The molecule has 3 nitrogen and oxygen atoms in total. The van der Waals surface area contributed by atoms with Crippen molar-refractivity contribution in [1.29, 1.82) is 0 Å². The Morgan fingerprint density at radius 3 is 2.61 bits per heavy atom. The number of aliphatic hydroxyl groups is 3. The van der Waals surface area contributed by atoms with Crippen LogP contribution in [0.15, 0.2) is 35.5 Å². The van der Waals surface area contributed by atoms with Gasteiger partial charge in [-0.3, -0.25) is 0 Å². The van der Waals surface area contributed by atoms with Gasteiger partial charge in [0.05, 0.1) is 17.8 Å². The molecule has 1 unspecified atom stereocenters. The van der Waals surface area contributed by atoms with E-state index in [2.05, 4.69) is 32.6 Å². The second-order valence-electron chi connectivity index (χ2n) is 11.8. The van der Waals surface area contributed by atoms with Crippen molar-refractivity contribution >= 4 is 0 Å². The normalized spacial score (nSPS) is 40.4. The zero-order valence-corrected chi connectivity index (χ0v) is 20.5. The smallest absolute Gasteiger partial charge is 0.0837 e. The maximum absolute atomic E-state index is 10.4. The standard InChI is InChI=1S/C28H46O3/c1-18(9-7-15-27(4,5)31)23-13-14-24-21(10-8-16-28(23,24)6)11-12-22-17-25(29)20(3)26(30)19(22)2/h11-12,18,20,23-26,29-31H,2,7-10,13-17H2,1,3-6H3/b21-11+,22-12-/t18-,20+,23-,24?,25-,26+,28-/m1/s1. The molecule has 0 heterocycles. The van der Waals surface area contributed by atoms with Crippen LogP contribution in [0.2, 0.25) is 0 Å². The Morgan fingerprint density at radius 2 is 1.94 bits per heavy atom. The van der Waals surface area contributed by atoms with E-state index < -0.39 is 17.8 Å². The van der Waals surface area contributed by atoms with E-state index in [1.807, 2.05) is 20.8 Å². The van der Waals surface area contributed by atoms with Gasteiger partial charge >= 0.3 is 0 Å². The van der Waals surface area contributed by atoms with Crippen LogP contribution >= 0.6 is 0 Å². The zero-order valence-electron chi connectivity index (χ0n) is 20.5. The van der Waals surface area contributed by atoms with E-state index in [9.17, 15) is 15.3 Å². The molecule has 3 N–H and O–H groups in total. The van der Waals surface area contributed by atoms with Gasteiger partial charge < -0.3 is 15.3 Å². The summed E-state index contributed by atoms with van der Waals surface area (Å²) in [6.45, 7) is 14.8. The minimum atomic E-state index is -0.648. The molecule has 31 heavy (non-hydrogen) atoms. The Labute approximate surface area is 190 Å². The largest absolute Gasteiger partial charge is 0.392 e. The molecule has 7 atom stereocenters. The van der Waals surface area contributed by atoms with Crippen molar-refractivity contribution in [1.82, 2.24) is 0 Å². The molecule has 0 bridgehead atoms. The minimum absolute atomic E-state index is 0.149. The van der Waals surface area contributed by atoms with Crippen LogP contribution in [0.1, 0.15) is 92.4 Å². The van der Waals surface area contributed by atoms with Crippen molar-refractivity contribution in [2.45, 2.75) is 110 Å². The van der Waals surface area contributed by atoms with E-state index >= 15 is 0 Å². The Balaban J connectivity index is 1.71. The zero-order chi connectivity index (χ0) is 23.0. The van der Waals surface area contributed by atoms with Gasteiger partial charge in [0.25, 0.3) is 0 Å². The summed E-state index contributed by atoms with van der Waals surface area (Å²) in [6, 6.07) is 0. The molecule has 0 amide bonds. The van der Waals surface area contributed by atoms with Gasteiger partial charge in [-0.15, -0.1) is 0 Å². The molecular formula is C28H46O3. The first-order chi connectivity index (χ1) is 14.4. The van der Waals surface area contributed by atoms with E-state index in [0.29, 0.717) is 23.7 Å². The fourth-order valence-electron chi connectivity index (χ4n) is 6.91. The maximum Gasteiger partial charge on any atom is 0.0837 e. The highest BCUT2D eigenvalue weighted by Gasteiger charge is 2.50. The monoisotopic (exact) mass is 430 g/mol. The van der Waals surface area contributed by atoms with E-state index in [1.54, 1.807) is 5.57 Å². The average molecular weight is 431 g/mol. The van der Waals surface area contributed by atoms with Gasteiger partial charge in [0, 0.05) is 5.92 Å². The fraction of sp³-hybridized carbons (Fsp3) is 0.786. The number of aliphatic hydroxyl groups excluding tert-OH is 2. The summed E-state index contributed by atoms with van der Waals surface area (Å²) in [4.78, 5) is 0. The summed E-state index contributed by atoms with van der Waals surface area (Å²) in [6.07, 6.45) is 13.4. The minimum Gasteiger partial charge on any atom is -0.392 e. The quantitative estimate of drug-likeness (QED) is 0.488. The third-order valence-electron chi connectivity index (χ3n) is 8.97. The fourth-order valence-corrected chi connectivity index (χ4v) is 6.91. The summed E-state index contributed by atoms with van der Waals surface area (Å²) < 4.78 is 0. The lowest BCUT2D eigenvalue weighted by atomic mass is 9.60. The molecule has 0 aliphatic heterocycles. The summed E-state index contributed by atoms with van der Waals surface area (Å²) in [7, 11) is 0. The number of fused-ring (bicyclic) bond motifs is 1. The van der Waals surface area contributed by atoms with E-state index in [4.69, 9.17) is 0 Å². The molecule has 0 aromatic heterocycles. The Morgan fingerprint density at radius 1 is 1.23 bits per heavy atom. The number of hydrogen-bond acceptors (Lipinski definition) is 3. The van der Waals surface area contributed by atoms with Crippen LogP contribution in [-0.2, 0) is 0 Å². The molecule has 0 aromatic carbocycles. The third-order valence-corrected chi connectivity index (χ3v) is 8.97. The second kappa shape index (κ2) is 9.53. The van der Waals surface area contributed by atoms with Crippen LogP contribution in [0.5, 0.6) is 0 Å². The molecule has 3 heteroatoms. The lowest BCUT2D eigenvalue weighted by Gasteiger charge is -2.44. The van der Waals surface area contributed by atoms with Crippen molar-refractivity contribution < 1.29 is 15.3 Å². The number of rotatable bonds is 6. The Kier molecular flexibility index (Phi) is 7.61. The summed E-state index contributed by atoms with van der Waals surface area (Å²) in [5.74, 6) is 1.94. The van der Waals surface area contributed by atoms with E-state index in [0.717, 1.165) is 36.3 Å². The highest BCUT2D eigenvalue weighted by atomic mass is 16.3. The van der Waals surface area contributed by atoms with Crippen LogP contribution in [0.25, 0.3) is 0 Å². The number of hydrogen-bond donors (Lipinski definition) is 3. The van der Waals surface area contributed by atoms with E-state index in [-0.39, 0.29) is 5.92 Å². The van der Waals surface area contributed by atoms with Crippen molar-refractivity contribution in [3.8, 4) is 0 Å². The Hall–Kier alpha value is -0.900. The van der Waals surface area contributed by atoms with Crippen molar-refractivity contribution in [3.63, 3.8) is 0 Å². The predicted molar refractivity (Wildman–Crippen MR) is 129 cm³/mol. The molecule has 0 aromatic rings. The highest BCUT2D eigenvalue weighted by molar-refractivity contribution is 5.39. The lowest BCUT2D eigenvalue weighted by molar-refractivity contribution is 0.0283. The topological polar surface area (TPSA) is 60.7 Å². The molecule has 3 rings (SSSR count). The van der Waals surface area contributed by atoms with Crippen molar-refractivity contribution in [2.75, 3.05) is 0 Å². The van der Waals surface area contributed by atoms with Crippen LogP contribution < -0.4 is 0 Å². The van der Waals surface area contributed by atoms with Gasteiger partial charge in [-0.05, 0) is 93.1 Å². The average Bonchev–Trinajstić information content (AvgIpc) is 3.04. The van der Waals surface area contributed by atoms with Crippen LogP contribution in [0, 0.1) is 29.1 Å². The predicted octanol–water partition coefficient (Wildman–Crippen LogP) is 5.95. The molecule has 0 saturated heterocycles. The first kappa shape index (κ1) is 24.7. The molecule has 3 saturated carbocycles. The maximum atomic E-state index is 10.4. The summed E-state index contributed by atoms with van der Waals surface area (Å²) >= 11 is 0. The van der Waals surface area contributed by atoms with Gasteiger partial charge in [0.15, 0.2) is 0 Å². The van der Waals surface area contributed by atoms with Crippen LogP contribution in [0.4, 0.5) is 0 Å².